The lowest BCUT2D eigenvalue weighted by atomic mass is 9.97. The molecule has 2 amide bonds. The van der Waals surface area contributed by atoms with Crippen molar-refractivity contribution in [3.05, 3.63) is 59.5 Å². The maximum absolute atomic E-state index is 13.2. The van der Waals surface area contributed by atoms with Crippen LogP contribution < -0.4 is 5.32 Å². The number of likely N-dealkylation sites (N-methyl/N-ethyl adjacent to an activating group) is 1. The number of pyridine rings is 1. The van der Waals surface area contributed by atoms with Gasteiger partial charge >= 0.3 is 0 Å². The Balaban J connectivity index is 1.85. The summed E-state index contributed by atoms with van der Waals surface area (Å²) in [6, 6.07) is 8.55. The van der Waals surface area contributed by atoms with E-state index in [1.54, 1.807) is 31.4 Å². The van der Waals surface area contributed by atoms with Crippen LogP contribution in [0.2, 0.25) is 0 Å². The Morgan fingerprint density at radius 1 is 1.28 bits per heavy atom. The summed E-state index contributed by atoms with van der Waals surface area (Å²) in [6.45, 7) is 1.71. The molecule has 0 bridgehead atoms. The number of hydrogen-bond acceptors (Lipinski definition) is 4. The SMILES string of the molecule is Cc1ccc(NC(=O)C2OCC(=O)N(C)C2c2ccc(F)cc2)nc1. The van der Waals surface area contributed by atoms with Gasteiger partial charge in [0, 0.05) is 13.2 Å². The minimum absolute atomic E-state index is 0.187. The fraction of sp³-hybridized carbons (Fsp3) is 0.278. The molecule has 2 unspecified atom stereocenters. The van der Waals surface area contributed by atoms with Crippen molar-refractivity contribution in [2.75, 3.05) is 19.0 Å². The van der Waals surface area contributed by atoms with Crippen LogP contribution in [0, 0.1) is 12.7 Å². The molecule has 7 heteroatoms. The predicted molar refractivity (Wildman–Crippen MR) is 89.3 cm³/mol. The van der Waals surface area contributed by atoms with Gasteiger partial charge in [-0.2, -0.15) is 0 Å². The quantitative estimate of drug-likeness (QED) is 0.926. The number of benzene rings is 1. The van der Waals surface area contributed by atoms with Crippen molar-refractivity contribution in [1.82, 2.24) is 9.88 Å². The number of morpholine rings is 1. The first kappa shape index (κ1) is 17.0. The van der Waals surface area contributed by atoms with E-state index in [9.17, 15) is 14.0 Å². The molecule has 1 aromatic carbocycles. The molecule has 25 heavy (non-hydrogen) atoms. The van der Waals surface area contributed by atoms with E-state index in [1.165, 1.54) is 17.0 Å². The summed E-state index contributed by atoms with van der Waals surface area (Å²) in [6.07, 6.45) is 0.723. The zero-order valence-corrected chi connectivity index (χ0v) is 13.9. The summed E-state index contributed by atoms with van der Waals surface area (Å²) in [5, 5.41) is 2.70. The molecule has 2 heterocycles. The number of nitrogens with one attached hydrogen (secondary N) is 1. The second kappa shape index (κ2) is 6.98. The van der Waals surface area contributed by atoms with E-state index in [2.05, 4.69) is 10.3 Å². The van der Waals surface area contributed by atoms with Gasteiger partial charge in [-0.3, -0.25) is 9.59 Å². The molecule has 0 aliphatic carbocycles. The van der Waals surface area contributed by atoms with Gasteiger partial charge in [-0.05, 0) is 36.2 Å². The highest BCUT2D eigenvalue weighted by Gasteiger charge is 2.40. The molecule has 1 N–H and O–H groups in total. The molecular formula is C18H18FN3O3. The number of aryl methyl sites for hydroxylation is 1. The predicted octanol–water partition coefficient (Wildman–Crippen LogP) is 2.07. The Hall–Kier alpha value is -2.80. The van der Waals surface area contributed by atoms with Gasteiger partial charge in [-0.25, -0.2) is 9.37 Å². The number of nitrogens with zero attached hydrogens (tertiary/aromatic N) is 2. The fourth-order valence-corrected chi connectivity index (χ4v) is 2.73. The Morgan fingerprint density at radius 3 is 2.64 bits per heavy atom. The summed E-state index contributed by atoms with van der Waals surface area (Å²) in [4.78, 5) is 30.2. The summed E-state index contributed by atoms with van der Waals surface area (Å²) in [7, 11) is 1.60. The first-order valence-electron chi connectivity index (χ1n) is 7.82. The molecule has 2 atom stereocenters. The van der Waals surface area contributed by atoms with Crippen LogP contribution in [0.15, 0.2) is 42.6 Å². The number of carbonyl (C=O) groups excluding carboxylic acids is 2. The third-order valence-electron chi connectivity index (χ3n) is 4.12. The number of anilines is 1. The Bertz CT molecular complexity index is 777. The Labute approximate surface area is 144 Å². The molecular weight excluding hydrogens is 325 g/mol. The van der Waals surface area contributed by atoms with Crippen LogP contribution in [0.5, 0.6) is 0 Å². The minimum atomic E-state index is -0.920. The maximum atomic E-state index is 13.2. The number of hydrogen-bond donors (Lipinski definition) is 1. The van der Waals surface area contributed by atoms with E-state index in [4.69, 9.17) is 4.74 Å². The number of amides is 2. The van der Waals surface area contributed by atoms with Gasteiger partial charge < -0.3 is 15.0 Å². The summed E-state index contributed by atoms with van der Waals surface area (Å²) < 4.78 is 18.7. The van der Waals surface area contributed by atoms with Crippen LogP contribution in [-0.4, -0.2) is 41.5 Å². The van der Waals surface area contributed by atoms with Gasteiger partial charge in [-0.15, -0.1) is 0 Å². The van der Waals surface area contributed by atoms with Crippen molar-refractivity contribution in [3.63, 3.8) is 0 Å². The molecule has 0 saturated carbocycles. The number of ether oxygens (including phenoxy) is 1. The average molecular weight is 343 g/mol. The van der Waals surface area contributed by atoms with E-state index in [0.717, 1.165) is 5.56 Å². The molecule has 2 aromatic rings. The van der Waals surface area contributed by atoms with Gasteiger partial charge in [0.2, 0.25) is 5.91 Å². The van der Waals surface area contributed by atoms with E-state index in [-0.39, 0.29) is 18.3 Å². The normalized spacial score (nSPS) is 20.4. The molecule has 0 radical (unpaired) electrons. The molecule has 6 nitrogen and oxygen atoms in total. The van der Waals surface area contributed by atoms with Gasteiger partial charge in [0.05, 0.1) is 6.04 Å². The zero-order chi connectivity index (χ0) is 18.0. The van der Waals surface area contributed by atoms with Gasteiger partial charge in [0.1, 0.15) is 18.2 Å². The molecule has 1 aromatic heterocycles. The highest BCUT2D eigenvalue weighted by Crippen LogP contribution is 2.30. The highest BCUT2D eigenvalue weighted by atomic mass is 19.1. The van der Waals surface area contributed by atoms with Crippen molar-refractivity contribution in [2.24, 2.45) is 0 Å². The zero-order valence-electron chi connectivity index (χ0n) is 13.9. The van der Waals surface area contributed by atoms with E-state index < -0.39 is 18.1 Å². The van der Waals surface area contributed by atoms with Crippen LogP contribution in [0.1, 0.15) is 17.2 Å². The second-order valence-corrected chi connectivity index (χ2v) is 5.94. The van der Waals surface area contributed by atoms with Crippen LogP contribution in [0.25, 0.3) is 0 Å². The van der Waals surface area contributed by atoms with Crippen LogP contribution >= 0.6 is 0 Å². The van der Waals surface area contributed by atoms with Crippen molar-refractivity contribution < 1.29 is 18.7 Å². The molecule has 130 valence electrons. The van der Waals surface area contributed by atoms with Crippen LogP contribution in [0.3, 0.4) is 0 Å². The topological polar surface area (TPSA) is 71.5 Å². The number of rotatable bonds is 3. The molecule has 0 spiro atoms. The highest BCUT2D eigenvalue weighted by molar-refractivity contribution is 5.95. The van der Waals surface area contributed by atoms with Gasteiger partial charge in [0.25, 0.3) is 5.91 Å². The maximum Gasteiger partial charge on any atom is 0.257 e. The first-order valence-corrected chi connectivity index (χ1v) is 7.82. The lowest BCUT2D eigenvalue weighted by molar-refractivity contribution is -0.160. The molecule has 1 aliphatic heterocycles. The molecule has 1 aliphatic rings. The summed E-state index contributed by atoms with van der Waals surface area (Å²) in [5.41, 5.74) is 1.59. The van der Waals surface area contributed by atoms with Crippen molar-refractivity contribution in [1.29, 1.82) is 0 Å². The molecule has 3 rings (SSSR count). The third kappa shape index (κ3) is 3.66. The van der Waals surface area contributed by atoms with Crippen LogP contribution in [-0.2, 0) is 14.3 Å². The number of aromatic nitrogens is 1. The van der Waals surface area contributed by atoms with Crippen LogP contribution in [0.4, 0.5) is 10.2 Å². The summed E-state index contributed by atoms with van der Waals surface area (Å²) >= 11 is 0. The van der Waals surface area contributed by atoms with Gasteiger partial charge in [0.15, 0.2) is 6.10 Å². The van der Waals surface area contributed by atoms with E-state index in [0.29, 0.717) is 11.4 Å². The average Bonchev–Trinajstić information content (AvgIpc) is 2.60. The lowest BCUT2D eigenvalue weighted by Gasteiger charge is -2.38. The van der Waals surface area contributed by atoms with Crippen molar-refractivity contribution >= 4 is 17.6 Å². The van der Waals surface area contributed by atoms with E-state index >= 15 is 0 Å². The standard InChI is InChI=1S/C18H18FN3O3/c1-11-3-8-14(20-9-11)21-18(24)17-16(22(2)15(23)10-25-17)12-4-6-13(19)7-5-12/h3-9,16-17H,10H2,1-2H3,(H,20,21,24). The molecule has 1 fully saturated rings. The second-order valence-electron chi connectivity index (χ2n) is 5.94. The Morgan fingerprint density at radius 2 is 2.00 bits per heavy atom. The Kier molecular flexibility index (Phi) is 4.76. The van der Waals surface area contributed by atoms with Crippen molar-refractivity contribution in [2.45, 2.75) is 19.1 Å². The summed E-state index contributed by atoms with van der Waals surface area (Å²) in [5.74, 6) is -0.646. The van der Waals surface area contributed by atoms with Gasteiger partial charge in [-0.1, -0.05) is 18.2 Å². The largest absolute Gasteiger partial charge is 0.356 e. The third-order valence-corrected chi connectivity index (χ3v) is 4.12. The first-order chi connectivity index (χ1) is 12.0. The monoisotopic (exact) mass is 343 g/mol. The number of halogens is 1. The fourth-order valence-electron chi connectivity index (χ4n) is 2.73. The molecule has 1 saturated heterocycles. The number of carbonyl (C=O) groups is 2. The smallest absolute Gasteiger partial charge is 0.257 e. The lowest BCUT2D eigenvalue weighted by Crippen LogP contribution is -2.51. The van der Waals surface area contributed by atoms with Crippen molar-refractivity contribution in [3.8, 4) is 0 Å². The van der Waals surface area contributed by atoms with E-state index in [1.807, 2.05) is 13.0 Å². The minimum Gasteiger partial charge on any atom is -0.356 e.